The van der Waals surface area contributed by atoms with Crippen LogP contribution in [0, 0.1) is 59.2 Å². The number of benzene rings is 1. The Morgan fingerprint density at radius 3 is 2.86 bits per heavy atom. The van der Waals surface area contributed by atoms with Crippen LogP contribution in [0.3, 0.4) is 0 Å². The second kappa shape index (κ2) is 9.50. The molecule has 1 N–H and O–H groups in total. The van der Waals surface area contributed by atoms with Crippen LogP contribution in [0.2, 0.25) is 0 Å². The van der Waals surface area contributed by atoms with Gasteiger partial charge in [0.1, 0.15) is 0 Å². The van der Waals surface area contributed by atoms with Gasteiger partial charge in [-0.25, -0.2) is 0 Å². The number of rotatable bonds is 5. The van der Waals surface area contributed by atoms with Gasteiger partial charge in [-0.3, -0.25) is 4.79 Å². The Morgan fingerprint density at radius 2 is 2.23 bits per heavy atom. The number of para-hydroxylation sites is 1. The van der Waals surface area contributed by atoms with E-state index in [9.17, 15) is 4.79 Å². The van der Waals surface area contributed by atoms with Gasteiger partial charge in [0.25, 0.3) is 0 Å². The zero-order valence-electron chi connectivity index (χ0n) is 12.5. The van der Waals surface area contributed by atoms with Crippen LogP contribution in [-0.2, 0) is 18.3 Å². The predicted octanol–water partition coefficient (Wildman–Crippen LogP) is 2.27. The molecule has 0 bridgehead atoms. The molecule has 1 heterocycles. The van der Waals surface area contributed by atoms with Gasteiger partial charge in [-0.05, 0) is 25.6 Å². The van der Waals surface area contributed by atoms with Gasteiger partial charge >= 0.3 is 0 Å². The van der Waals surface area contributed by atoms with Crippen LogP contribution >= 0.6 is 11.3 Å². The molecule has 0 saturated heterocycles. The number of nitrogens with one attached hydrogen (secondary N) is 1. The Balaban J connectivity index is 0.00000242. The maximum absolute atomic E-state index is 11.8. The van der Waals surface area contributed by atoms with Gasteiger partial charge in [0, 0.05) is 64.0 Å². The molecule has 2 aromatic rings. The number of amides is 1. The average molecular weight is 473 g/mol. The fraction of sp³-hybridized carbons (Fsp3) is 0.250. The average Bonchev–Trinajstić information content (AvgIpc) is 2.79. The fourth-order valence-electron chi connectivity index (χ4n) is 1.79. The van der Waals surface area contributed by atoms with Crippen LogP contribution in [0.25, 0.3) is 0 Å². The summed E-state index contributed by atoms with van der Waals surface area (Å²) in [6, 6.07) is 7.69. The van der Waals surface area contributed by atoms with E-state index >= 15 is 0 Å². The van der Waals surface area contributed by atoms with E-state index in [1.165, 1.54) is 11.3 Å². The van der Waals surface area contributed by atoms with Crippen LogP contribution in [-0.4, -0.2) is 17.0 Å². The maximum Gasteiger partial charge on any atom is 0.224 e. The minimum absolute atomic E-state index is 0. The van der Waals surface area contributed by atoms with Crippen molar-refractivity contribution in [3.8, 4) is 0 Å². The van der Waals surface area contributed by atoms with Crippen molar-refractivity contribution >= 4 is 22.9 Å². The molecular formula is C16H18N3OSYb-. The summed E-state index contributed by atoms with van der Waals surface area (Å²) in [5.74, 6) is -0.0316. The summed E-state index contributed by atoms with van der Waals surface area (Å²) in [6.07, 6.45) is 1.98. The molecule has 22 heavy (non-hydrogen) atoms. The van der Waals surface area contributed by atoms with E-state index in [2.05, 4.69) is 22.3 Å². The largest absolute Gasteiger partial charge is 0.418 e. The maximum atomic E-state index is 11.8. The van der Waals surface area contributed by atoms with Crippen molar-refractivity contribution in [3.05, 3.63) is 58.4 Å². The molecule has 0 radical (unpaired) electrons. The predicted molar refractivity (Wildman–Crippen MR) is 85.4 cm³/mol. The molecule has 0 atom stereocenters. The molecule has 0 aliphatic carbocycles. The summed E-state index contributed by atoms with van der Waals surface area (Å²) >= 11 is 1.47. The molecule has 124 valence electrons. The fourth-order valence-corrected chi connectivity index (χ4v) is 2.59. The third kappa shape index (κ3) is 5.23. The van der Waals surface area contributed by atoms with E-state index in [0.29, 0.717) is 13.0 Å². The third-order valence-corrected chi connectivity index (χ3v) is 4.03. The van der Waals surface area contributed by atoms with Gasteiger partial charge in [0.05, 0.1) is 6.42 Å². The normalized spacial score (nSPS) is 10.9. The van der Waals surface area contributed by atoms with Crippen LogP contribution in [0.5, 0.6) is 0 Å². The van der Waals surface area contributed by atoms with E-state index < -0.39 is 0 Å². The summed E-state index contributed by atoms with van der Waals surface area (Å²) in [6.45, 7) is 6.06. The Hall–Kier alpha value is -0.621. The van der Waals surface area contributed by atoms with Crippen molar-refractivity contribution in [1.29, 1.82) is 0 Å². The summed E-state index contributed by atoms with van der Waals surface area (Å²) in [5.41, 5.74) is 2.77. The zero-order chi connectivity index (χ0) is 15.2. The van der Waals surface area contributed by atoms with Crippen molar-refractivity contribution in [1.82, 2.24) is 9.88 Å². The van der Waals surface area contributed by atoms with Gasteiger partial charge in [0.15, 0.2) is 0 Å². The number of aromatic nitrogens is 1. The first-order valence-corrected chi connectivity index (χ1v) is 7.48. The summed E-state index contributed by atoms with van der Waals surface area (Å²) in [4.78, 5) is 17.3. The third-order valence-electron chi connectivity index (χ3n) is 3.08. The van der Waals surface area contributed by atoms with E-state index in [1.807, 2.05) is 42.8 Å². The van der Waals surface area contributed by atoms with Crippen molar-refractivity contribution in [2.45, 2.75) is 13.3 Å². The van der Waals surface area contributed by atoms with E-state index in [-0.39, 0.29) is 52.8 Å². The van der Waals surface area contributed by atoms with Crippen LogP contribution in [0.4, 0.5) is 5.69 Å². The molecule has 0 saturated carbocycles. The van der Waals surface area contributed by atoms with Gasteiger partial charge in [-0.15, -0.1) is 6.58 Å². The van der Waals surface area contributed by atoms with Crippen molar-refractivity contribution < 1.29 is 51.7 Å². The Bertz CT molecular complexity index is 718. The monoisotopic (exact) mass is 474 g/mol. The second-order valence-corrected chi connectivity index (χ2v) is 5.41. The van der Waals surface area contributed by atoms with E-state index in [0.717, 1.165) is 21.7 Å². The van der Waals surface area contributed by atoms with Crippen molar-refractivity contribution in [2.75, 3.05) is 6.54 Å². The summed E-state index contributed by atoms with van der Waals surface area (Å²) in [5, 5.41) is 5.95. The molecule has 0 unspecified atom stereocenters. The van der Waals surface area contributed by atoms with Gasteiger partial charge in [-0.1, -0.05) is 30.0 Å². The second-order valence-electron chi connectivity index (χ2n) is 4.64. The summed E-state index contributed by atoms with van der Waals surface area (Å²) in [7, 11) is 1.96. The minimum atomic E-state index is -0.0316. The Morgan fingerprint density at radius 1 is 1.50 bits per heavy atom. The standard InChI is InChI=1S/C16H18N3OS.Yb/c1-4-9-17-15(20)10-13-7-5-6-8-14(13)18-16-19(3)12(2)11-21-16;/h4-8H,1,9-10H2,2-3H3,(H,17,20);/q-1;. The molecular weight excluding hydrogens is 455 g/mol. The molecule has 6 heteroatoms. The smallest absolute Gasteiger partial charge is 0.224 e. The number of hydrogen-bond acceptors (Lipinski definition) is 3. The quantitative estimate of drug-likeness (QED) is 0.526. The number of aryl methyl sites for hydroxylation is 1. The number of thiazole rings is 1. The number of carbonyl (C=O) groups excluding carboxylic acids is 1. The van der Waals surface area contributed by atoms with Crippen LogP contribution in [0.15, 0.2) is 41.9 Å². The molecule has 0 aliphatic heterocycles. The zero-order valence-corrected chi connectivity index (χ0v) is 15.0. The SMILES string of the molecule is C=CCNC(=O)Cc1ccccc1N=c1s[c-]c(C)n1C.[Yb]. The molecule has 0 spiro atoms. The van der Waals surface area contributed by atoms with Crippen LogP contribution in [0.1, 0.15) is 11.3 Å². The van der Waals surface area contributed by atoms with Gasteiger partial charge < -0.3 is 26.2 Å². The van der Waals surface area contributed by atoms with Gasteiger partial charge in [0.2, 0.25) is 5.91 Å². The van der Waals surface area contributed by atoms with Crippen LogP contribution < -0.4 is 10.1 Å². The number of hydrogen-bond donors (Lipinski definition) is 1. The molecule has 1 aromatic carbocycles. The number of nitrogens with zero attached hydrogens (tertiary/aromatic N) is 2. The first-order valence-electron chi connectivity index (χ1n) is 6.66. The minimum Gasteiger partial charge on any atom is -0.418 e. The first-order chi connectivity index (χ1) is 10.1. The first kappa shape index (κ1) is 19.4. The molecule has 1 aromatic heterocycles. The molecule has 0 fully saturated rings. The molecule has 4 nitrogen and oxygen atoms in total. The van der Waals surface area contributed by atoms with E-state index in [1.54, 1.807) is 6.08 Å². The topological polar surface area (TPSA) is 46.4 Å². The molecule has 2 rings (SSSR count). The molecule has 1 amide bonds. The van der Waals surface area contributed by atoms with Crippen molar-refractivity contribution in [2.24, 2.45) is 12.0 Å². The van der Waals surface area contributed by atoms with Crippen molar-refractivity contribution in [3.63, 3.8) is 0 Å². The number of carbonyl (C=O) groups is 1. The molecule has 0 aliphatic rings. The Kier molecular flexibility index (Phi) is 8.39. The summed E-state index contributed by atoms with van der Waals surface area (Å²) < 4.78 is 1.99. The van der Waals surface area contributed by atoms with Gasteiger partial charge in [-0.2, -0.15) is 5.38 Å². The van der Waals surface area contributed by atoms with E-state index in [4.69, 9.17) is 0 Å². The Labute approximate surface area is 173 Å².